The van der Waals surface area contributed by atoms with E-state index >= 15 is 0 Å². The first kappa shape index (κ1) is 32.8. The highest BCUT2D eigenvalue weighted by Crippen LogP contribution is 2.33. The summed E-state index contributed by atoms with van der Waals surface area (Å²) in [6.07, 6.45) is 3.22. The van der Waals surface area contributed by atoms with Crippen LogP contribution in [0.5, 0.6) is 17.2 Å². The fourth-order valence-corrected chi connectivity index (χ4v) is 5.94. The summed E-state index contributed by atoms with van der Waals surface area (Å²) in [7, 11) is -1.52. The van der Waals surface area contributed by atoms with E-state index in [1.54, 1.807) is 24.0 Å². The normalized spacial score (nSPS) is 22.4. The third-order valence-corrected chi connectivity index (χ3v) is 8.34. The molecule has 4 rings (SSSR count). The van der Waals surface area contributed by atoms with E-state index in [1.807, 2.05) is 32.2 Å². The fourth-order valence-electron chi connectivity index (χ4n) is 5.39. The quantitative estimate of drug-likeness (QED) is 0.455. The van der Waals surface area contributed by atoms with Crippen LogP contribution >= 0.6 is 0 Å². The number of nitrogens with zero attached hydrogens (tertiary/aromatic N) is 2. The van der Waals surface area contributed by atoms with Gasteiger partial charge in [0.05, 0.1) is 36.7 Å². The van der Waals surface area contributed by atoms with Gasteiger partial charge in [-0.15, -0.1) is 0 Å². The first-order chi connectivity index (χ1) is 20.4. The lowest BCUT2D eigenvalue weighted by Gasteiger charge is -2.36. The molecule has 0 unspecified atom stereocenters. The molecule has 2 aliphatic rings. The molecule has 11 nitrogen and oxygen atoms in total. The summed E-state index contributed by atoms with van der Waals surface area (Å²) in [6.45, 7) is 8.00. The van der Waals surface area contributed by atoms with Gasteiger partial charge in [0.15, 0.2) is 11.5 Å². The molecule has 0 spiro atoms. The Bertz CT molecular complexity index is 1350. The minimum absolute atomic E-state index is 0.0827. The lowest BCUT2D eigenvalue weighted by atomic mass is 10.0. The van der Waals surface area contributed by atoms with Crippen molar-refractivity contribution in [1.82, 2.24) is 9.80 Å². The lowest BCUT2D eigenvalue weighted by molar-refractivity contribution is -0.0177. The molecule has 2 N–H and O–H groups in total. The minimum Gasteiger partial charge on any atom is -0.490 e. The van der Waals surface area contributed by atoms with Crippen molar-refractivity contribution in [2.45, 2.75) is 64.8 Å². The zero-order valence-corrected chi connectivity index (χ0v) is 26.6. The number of anilines is 1. The van der Waals surface area contributed by atoms with Crippen molar-refractivity contribution in [3.8, 4) is 17.2 Å². The Kier molecular flexibility index (Phi) is 11.2. The third-order valence-electron chi connectivity index (χ3n) is 7.74. The van der Waals surface area contributed by atoms with Crippen molar-refractivity contribution in [2.24, 2.45) is 5.92 Å². The van der Waals surface area contributed by atoms with Crippen molar-refractivity contribution >= 4 is 21.6 Å². The van der Waals surface area contributed by atoms with Gasteiger partial charge in [0, 0.05) is 37.8 Å². The van der Waals surface area contributed by atoms with Crippen LogP contribution in [0.2, 0.25) is 0 Å². The molecule has 0 bridgehead atoms. The molecule has 238 valence electrons. The summed E-state index contributed by atoms with van der Waals surface area (Å²) < 4.78 is 49.9. The maximum absolute atomic E-state index is 14.1. The number of likely N-dealkylation sites (N-methyl/N-ethyl adjacent to an activating group) is 1. The Morgan fingerprint density at radius 1 is 1.09 bits per heavy atom. The van der Waals surface area contributed by atoms with Crippen LogP contribution in [0.25, 0.3) is 0 Å². The Morgan fingerprint density at radius 2 is 1.84 bits per heavy atom. The first-order valence-electron chi connectivity index (χ1n) is 14.8. The van der Waals surface area contributed by atoms with E-state index in [4.69, 9.17) is 18.9 Å². The van der Waals surface area contributed by atoms with Crippen molar-refractivity contribution < 1.29 is 37.3 Å². The number of aliphatic hydroxyl groups is 1. The summed E-state index contributed by atoms with van der Waals surface area (Å²) in [6, 6.07) is 10.2. The standard InChI is InChI=1S/C31H45N3O8S/c1-21-16-34(22(2)19-35)31(36)26-15-25(32-43(5,37)38)10-12-27(26)42-23(3)8-6-7-13-39-30(21)18-33(4)17-24-9-11-28-29(14-24)41-20-40-28/h9-12,14-15,21-23,30,32,35H,6-8,13,16-20H2,1-5H3/t21-,22+,23-,30+/m0/s1. The van der Waals surface area contributed by atoms with Gasteiger partial charge in [0.25, 0.3) is 5.91 Å². The van der Waals surface area contributed by atoms with Gasteiger partial charge < -0.3 is 29.0 Å². The van der Waals surface area contributed by atoms with E-state index in [0.29, 0.717) is 32.0 Å². The molecule has 43 heavy (non-hydrogen) atoms. The number of amides is 1. The van der Waals surface area contributed by atoms with Crippen molar-refractivity contribution in [3.63, 3.8) is 0 Å². The maximum atomic E-state index is 14.1. The Labute approximate surface area is 255 Å². The molecule has 2 heterocycles. The number of rotatable bonds is 8. The SMILES string of the molecule is C[C@H](CO)N1C[C@H](C)[C@@H](CN(C)Cc2ccc3c(c2)OCO3)OCCCC[C@H](C)Oc2ccc(NS(C)(=O)=O)cc2C1=O. The maximum Gasteiger partial charge on any atom is 0.258 e. The van der Waals surface area contributed by atoms with Crippen LogP contribution in [0, 0.1) is 5.92 Å². The van der Waals surface area contributed by atoms with Gasteiger partial charge in [-0.1, -0.05) is 13.0 Å². The number of hydrogen-bond donors (Lipinski definition) is 2. The average Bonchev–Trinajstić information content (AvgIpc) is 3.41. The number of ether oxygens (including phenoxy) is 4. The molecule has 0 saturated carbocycles. The Balaban J connectivity index is 1.59. The van der Waals surface area contributed by atoms with Gasteiger partial charge in [-0.05, 0) is 76.1 Å². The summed E-state index contributed by atoms with van der Waals surface area (Å²) in [5, 5.41) is 10.1. The second-order valence-electron chi connectivity index (χ2n) is 11.8. The number of aliphatic hydroxyl groups excluding tert-OH is 1. The van der Waals surface area contributed by atoms with Gasteiger partial charge >= 0.3 is 0 Å². The van der Waals surface area contributed by atoms with Crippen LogP contribution in [-0.4, -0.2) is 93.9 Å². The Hall–Kier alpha value is -3.06. The van der Waals surface area contributed by atoms with Crippen LogP contribution in [0.4, 0.5) is 5.69 Å². The molecule has 4 atom stereocenters. The van der Waals surface area contributed by atoms with Gasteiger partial charge in [-0.25, -0.2) is 8.42 Å². The van der Waals surface area contributed by atoms with Gasteiger partial charge in [-0.2, -0.15) is 0 Å². The fraction of sp³-hybridized carbons (Fsp3) is 0.581. The number of fused-ring (bicyclic) bond motifs is 2. The summed E-state index contributed by atoms with van der Waals surface area (Å²) in [4.78, 5) is 17.9. The van der Waals surface area contributed by atoms with Crippen molar-refractivity contribution in [2.75, 3.05) is 51.1 Å². The first-order valence-corrected chi connectivity index (χ1v) is 16.7. The van der Waals surface area contributed by atoms with E-state index in [9.17, 15) is 18.3 Å². The average molecular weight is 620 g/mol. The number of nitrogens with one attached hydrogen (secondary N) is 1. The molecule has 2 aromatic rings. The zero-order chi connectivity index (χ0) is 31.1. The monoisotopic (exact) mass is 619 g/mol. The molecule has 0 radical (unpaired) electrons. The van der Waals surface area contributed by atoms with Crippen LogP contribution in [-0.2, 0) is 21.3 Å². The molecule has 12 heteroatoms. The van der Waals surface area contributed by atoms with Crippen LogP contribution < -0.4 is 18.9 Å². The van der Waals surface area contributed by atoms with E-state index < -0.39 is 16.1 Å². The third kappa shape index (κ3) is 9.21. The van der Waals surface area contributed by atoms with E-state index in [-0.39, 0.29) is 48.7 Å². The van der Waals surface area contributed by atoms with Gasteiger partial charge in [0.1, 0.15) is 5.75 Å². The lowest BCUT2D eigenvalue weighted by Crippen LogP contribution is -2.47. The highest BCUT2D eigenvalue weighted by Gasteiger charge is 2.30. The molecular weight excluding hydrogens is 574 g/mol. The second kappa shape index (κ2) is 14.6. The molecule has 0 aliphatic carbocycles. The smallest absolute Gasteiger partial charge is 0.258 e. The van der Waals surface area contributed by atoms with Crippen molar-refractivity contribution in [3.05, 3.63) is 47.5 Å². The van der Waals surface area contributed by atoms with E-state index in [1.165, 1.54) is 6.07 Å². The molecule has 0 saturated heterocycles. The highest BCUT2D eigenvalue weighted by molar-refractivity contribution is 7.92. The zero-order valence-electron chi connectivity index (χ0n) is 25.7. The predicted octanol–water partition coefficient (Wildman–Crippen LogP) is 3.71. The predicted molar refractivity (Wildman–Crippen MR) is 164 cm³/mol. The molecular formula is C31H45N3O8S. The van der Waals surface area contributed by atoms with Gasteiger partial charge in [-0.3, -0.25) is 14.4 Å². The van der Waals surface area contributed by atoms with Crippen LogP contribution in [0.3, 0.4) is 0 Å². The summed E-state index contributed by atoms with van der Waals surface area (Å²) >= 11 is 0. The number of sulfonamides is 1. The minimum atomic E-state index is -3.56. The van der Waals surface area contributed by atoms with Crippen LogP contribution in [0.15, 0.2) is 36.4 Å². The van der Waals surface area contributed by atoms with Gasteiger partial charge in [0.2, 0.25) is 16.8 Å². The molecule has 2 aromatic carbocycles. The van der Waals surface area contributed by atoms with Crippen LogP contribution in [0.1, 0.15) is 56.0 Å². The van der Waals surface area contributed by atoms with E-state index in [2.05, 4.69) is 16.5 Å². The second-order valence-corrected chi connectivity index (χ2v) is 13.5. The largest absolute Gasteiger partial charge is 0.490 e. The number of carbonyl (C=O) groups excluding carboxylic acids is 1. The Morgan fingerprint density at radius 3 is 2.58 bits per heavy atom. The molecule has 2 aliphatic heterocycles. The number of carbonyl (C=O) groups is 1. The van der Waals surface area contributed by atoms with E-state index in [0.717, 1.165) is 42.6 Å². The summed E-state index contributed by atoms with van der Waals surface area (Å²) in [5.41, 5.74) is 1.60. The van der Waals surface area contributed by atoms with Crippen molar-refractivity contribution in [1.29, 1.82) is 0 Å². The topological polar surface area (TPSA) is 127 Å². The summed E-state index contributed by atoms with van der Waals surface area (Å²) in [5.74, 6) is 1.44. The number of hydrogen-bond acceptors (Lipinski definition) is 9. The molecule has 0 fully saturated rings. The molecule has 0 aromatic heterocycles. The number of benzene rings is 2. The highest BCUT2D eigenvalue weighted by atomic mass is 32.2. The molecule has 1 amide bonds.